The number of para-hydroxylation sites is 2. The first-order valence-corrected chi connectivity index (χ1v) is 8.35. The molecule has 3 rings (SSSR count). The second kappa shape index (κ2) is 4.61. The van der Waals surface area contributed by atoms with E-state index in [1.165, 1.54) is 6.26 Å². The zero-order valence-corrected chi connectivity index (χ0v) is 11.6. The Morgan fingerprint density at radius 2 is 2.16 bits per heavy atom. The number of hydrogen-bond donors (Lipinski definition) is 1. The Morgan fingerprint density at radius 3 is 2.95 bits per heavy atom. The molecule has 1 aromatic carbocycles. The molecule has 0 bridgehead atoms. The molecule has 1 N–H and O–H groups in total. The zero-order valence-electron chi connectivity index (χ0n) is 10.8. The normalized spacial score (nSPS) is 24.7. The van der Waals surface area contributed by atoms with E-state index in [2.05, 4.69) is 14.9 Å². The van der Waals surface area contributed by atoms with Crippen LogP contribution in [-0.4, -0.2) is 36.1 Å². The van der Waals surface area contributed by atoms with E-state index in [9.17, 15) is 8.42 Å². The maximum absolute atomic E-state index is 11.7. The summed E-state index contributed by atoms with van der Waals surface area (Å²) < 4.78 is 25.5. The Kier molecular flexibility index (Phi) is 3.06. The van der Waals surface area contributed by atoms with Crippen molar-refractivity contribution in [3.8, 4) is 0 Å². The molecule has 0 spiro atoms. The minimum absolute atomic E-state index is 0.188. The van der Waals surface area contributed by atoms with Gasteiger partial charge in [-0.05, 0) is 31.5 Å². The SMILES string of the molecule is CS(=O)(=O)C1CC(n2cnc3ccccc32)CCN1. The number of nitrogens with zero attached hydrogens (tertiary/aromatic N) is 2. The van der Waals surface area contributed by atoms with Crippen LogP contribution in [0.5, 0.6) is 0 Å². The minimum atomic E-state index is -3.05. The minimum Gasteiger partial charge on any atom is -0.327 e. The highest BCUT2D eigenvalue weighted by Crippen LogP contribution is 2.27. The van der Waals surface area contributed by atoms with Crippen LogP contribution in [0.2, 0.25) is 0 Å². The first kappa shape index (κ1) is 12.6. The van der Waals surface area contributed by atoms with Gasteiger partial charge in [-0.1, -0.05) is 12.1 Å². The maximum Gasteiger partial charge on any atom is 0.163 e. The highest BCUT2D eigenvalue weighted by Gasteiger charge is 2.29. The second-order valence-electron chi connectivity index (χ2n) is 5.09. The van der Waals surface area contributed by atoms with Crippen molar-refractivity contribution in [2.45, 2.75) is 24.3 Å². The lowest BCUT2D eigenvalue weighted by Gasteiger charge is -2.30. The van der Waals surface area contributed by atoms with Gasteiger partial charge in [-0.2, -0.15) is 0 Å². The van der Waals surface area contributed by atoms with Gasteiger partial charge in [0.05, 0.1) is 17.4 Å². The van der Waals surface area contributed by atoms with E-state index in [0.29, 0.717) is 6.42 Å². The molecule has 6 heteroatoms. The van der Waals surface area contributed by atoms with Crippen LogP contribution in [0.25, 0.3) is 11.0 Å². The molecule has 2 atom stereocenters. The Morgan fingerprint density at radius 1 is 1.37 bits per heavy atom. The van der Waals surface area contributed by atoms with Crippen molar-refractivity contribution in [2.75, 3.05) is 12.8 Å². The van der Waals surface area contributed by atoms with Crippen LogP contribution >= 0.6 is 0 Å². The van der Waals surface area contributed by atoms with E-state index in [1.54, 1.807) is 0 Å². The topological polar surface area (TPSA) is 64.0 Å². The summed E-state index contributed by atoms with van der Waals surface area (Å²) in [5.41, 5.74) is 2.03. The van der Waals surface area contributed by atoms with E-state index in [-0.39, 0.29) is 6.04 Å². The van der Waals surface area contributed by atoms with E-state index in [1.807, 2.05) is 30.6 Å². The van der Waals surface area contributed by atoms with Crippen LogP contribution in [-0.2, 0) is 9.84 Å². The predicted octanol–water partition coefficient (Wildman–Crippen LogP) is 1.33. The largest absolute Gasteiger partial charge is 0.327 e. The molecule has 1 aliphatic heterocycles. The van der Waals surface area contributed by atoms with Crippen LogP contribution in [0.3, 0.4) is 0 Å². The number of piperidine rings is 1. The number of benzene rings is 1. The number of nitrogens with one attached hydrogen (secondary N) is 1. The highest BCUT2D eigenvalue weighted by molar-refractivity contribution is 7.91. The fourth-order valence-corrected chi connectivity index (χ4v) is 3.70. The van der Waals surface area contributed by atoms with Gasteiger partial charge >= 0.3 is 0 Å². The first-order valence-electron chi connectivity index (χ1n) is 6.39. The van der Waals surface area contributed by atoms with Gasteiger partial charge in [0, 0.05) is 12.3 Å². The summed E-state index contributed by atoms with van der Waals surface area (Å²) in [6.45, 7) is 0.717. The summed E-state index contributed by atoms with van der Waals surface area (Å²) in [6.07, 6.45) is 4.63. The monoisotopic (exact) mass is 279 g/mol. The van der Waals surface area contributed by atoms with Gasteiger partial charge in [-0.3, -0.25) is 0 Å². The lowest BCUT2D eigenvalue weighted by atomic mass is 10.1. The summed E-state index contributed by atoms with van der Waals surface area (Å²) >= 11 is 0. The number of rotatable bonds is 2. The Hall–Kier alpha value is -1.40. The number of hydrogen-bond acceptors (Lipinski definition) is 4. The van der Waals surface area contributed by atoms with Crippen molar-refractivity contribution in [1.29, 1.82) is 0 Å². The number of aromatic nitrogens is 2. The molecule has 19 heavy (non-hydrogen) atoms. The van der Waals surface area contributed by atoms with Gasteiger partial charge < -0.3 is 9.88 Å². The molecule has 1 saturated heterocycles. The van der Waals surface area contributed by atoms with Gasteiger partial charge in [-0.15, -0.1) is 0 Å². The molecule has 1 fully saturated rings. The molecule has 102 valence electrons. The van der Waals surface area contributed by atoms with Gasteiger partial charge in [0.15, 0.2) is 9.84 Å². The molecule has 5 nitrogen and oxygen atoms in total. The van der Waals surface area contributed by atoms with Crippen LogP contribution < -0.4 is 5.32 Å². The van der Waals surface area contributed by atoms with E-state index in [4.69, 9.17) is 0 Å². The summed E-state index contributed by atoms with van der Waals surface area (Å²) in [5.74, 6) is 0. The Bertz CT molecular complexity index is 693. The van der Waals surface area contributed by atoms with Crippen LogP contribution in [0.4, 0.5) is 0 Å². The van der Waals surface area contributed by atoms with Crippen molar-refractivity contribution in [3.63, 3.8) is 0 Å². The smallest absolute Gasteiger partial charge is 0.163 e. The van der Waals surface area contributed by atoms with Gasteiger partial charge in [0.2, 0.25) is 0 Å². The third-order valence-corrected chi connectivity index (χ3v) is 5.12. The average molecular weight is 279 g/mol. The van der Waals surface area contributed by atoms with E-state index >= 15 is 0 Å². The molecule has 0 radical (unpaired) electrons. The summed E-state index contributed by atoms with van der Waals surface area (Å²) in [4.78, 5) is 4.37. The third-order valence-electron chi connectivity index (χ3n) is 3.73. The Labute approximate surface area is 112 Å². The molecule has 0 amide bonds. The fourth-order valence-electron chi connectivity index (χ4n) is 2.71. The molecule has 1 aromatic heterocycles. The average Bonchev–Trinajstić information content (AvgIpc) is 2.82. The van der Waals surface area contributed by atoms with Crippen molar-refractivity contribution < 1.29 is 8.42 Å². The van der Waals surface area contributed by atoms with Crippen molar-refractivity contribution >= 4 is 20.9 Å². The molecular formula is C13H17N3O2S. The lowest BCUT2D eigenvalue weighted by Crippen LogP contribution is -2.43. The van der Waals surface area contributed by atoms with Crippen LogP contribution in [0.1, 0.15) is 18.9 Å². The maximum atomic E-state index is 11.7. The Balaban J connectivity index is 1.94. The zero-order chi connectivity index (χ0) is 13.5. The van der Waals surface area contributed by atoms with Gasteiger partial charge in [0.1, 0.15) is 5.37 Å². The standard InChI is InChI=1S/C13H17N3O2S/c1-19(17,18)13-8-10(6-7-14-13)16-9-15-11-4-2-3-5-12(11)16/h2-5,9-10,13-14H,6-8H2,1H3. The summed E-state index contributed by atoms with van der Waals surface area (Å²) in [5, 5.41) is 2.63. The highest BCUT2D eigenvalue weighted by atomic mass is 32.2. The van der Waals surface area contributed by atoms with Gasteiger partial charge in [0.25, 0.3) is 0 Å². The van der Waals surface area contributed by atoms with E-state index in [0.717, 1.165) is 24.0 Å². The summed E-state index contributed by atoms with van der Waals surface area (Å²) in [6, 6.07) is 8.13. The molecule has 0 saturated carbocycles. The van der Waals surface area contributed by atoms with Gasteiger partial charge in [-0.25, -0.2) is 13.4 Å². The number of imidazole rings is 1. The third kappa shape index (κ3) is 2.37. The van der Waals surface area contributed by atoms with Crippen molar-refractivity contribution in [3.05, 3.63) is 30.6 Å². The quantitative estimate of drug-likeness (QED) is 0.901. The summed E-state index contributed by atoms with van der Waals surface area (Å²) in [7, 11) is -3.05. The van der Waals surface area contributed by atoms with Crippen LogP contribution in [0, 0.1) is 0 Å². The molecule has 2 aromatic rings. The molecule has 2 unspecified atom stereocenters. The fraction of sp³-hybridized carbons (Fsp3) is 0.462. The first-order chi connectivity index (χ1) is 9.05. The van der Waals surface area contributed by atoms with Crippen molar-refractivity contribution in [1.82, 2.24) is 14.9 Å². The predicted molar refractivity (Wildman–Crippen MR) is 74.6 cm³/mol. The number of fused-ring (bicyclic) bond motifs is 1. The molecule has 0 aliphatic carbocycles. The number of sulfone groups is 1. The van der Waals surface area contributed by atoms with Crippen LogP contribution in [0.15, 0.2) is 30.6 Å². The molecule has 2 heterocycles. The molecule has 1 aliphatic rings. The molecular weight excluding hydrogens is 262 g/mol. The van der Waals surface area contributed by atoms with E-state index < -0.39 is 15.2 Å². The second-order valence-corrected chi connectivity index (χ2v) is 7.32. The van der Waals surface area contributed by atoms with Crippen molar-refractivity contribution in [2.24, 2.45) is 0 Å². The lowest BCUT2D eigenvalue weighted by molar-refractivity contribution is 0.348.